The van der Waals surface area contributed by atoms with Crippen molar-refractivity contribution in [3.05, 3.63) is 176 Å². The fourth-order valence-electron chi connectivity index (χ4n) is 7.80. The lowest BCUT2D eigenvalue weighted by molar-refractivity contribution is 0.670. The van der Waals surface area contributed by atoms with Crippen LogP contribution in [0.15, 0.2) is 180 Å². The molecule has 11 rings (SSSR count). The zero-order chi connectivity index (χ0) is 34.2. The highest BCUT2D eigenvalue weighted by Crippen LogP contribution is 2.43. The van der Waals surface area contributed by atoms with E-state index in [1.54, 1.807) is 0 Å². The standard InChI is InChI=1S/C48H29NOS2/c1-4-16-43-37(11-1)42-15-8-14-36(48(42)50-43)32-9-7-10-34(27-32)49(35-24-26-41-39-13-3-6-18-45(39)52-47(41)29-35)33-22-19-30(20-23-33)31-21-25-40-38-12-2-5-17-44(38)51-46(40)28-31/h1-29H. The van der Waals surface area contributed by atoms with Crippen molar-refractivity contribution in [2.45, 2.75) is 0 Å². The maximum Gasteiger partial charge on any atom is 0.143 e. The predicted molar refractivity (Wildman–Crippen MR) is 225 cm³/mol. The molecule has 0 fully saturated rings. The predicted octanol–water partition coefficient (Wildman–Crippen LogP) is 15.1. The lowest BCUT2D eigenvalue weighted by atomic mass is 10.0. The smallest absolute Gasteiger partial charge is 0.143 e. The topological polar surface area (TPSA) is 16.4 Å². The number of rotatable bonds is 5. The minimum atomic E-state index is 0.908. The fraction of sp³-hybridized carbons (Fsp3) is 0. The van der Waals surface area contributed by atoms with Crippen molar-refractivity contribution in [1.29, 1.82) is 0 Å². The van der Waals surface area contributed by atoms with Gasteiger partial charge in [-0.3, -0.25) is 0 Å². The van der Waals surface area contributed by atoms with E-state index in [4.69, 9.17) is 4.42 Å². The molecule has 3 aromatic heterocycles. The molecule has 2 nitrogen and oxygen atoms in total. The molecule has 0 saturated carbocycles. The summed E-state index contributed by atoms with van der Waals surface area (Å²) in [7, 11) is 0. The number of thiophene rings is 2. The van der Waals surface area contributed by atoms with E-state index in [-0.39, 0.29) is 0 Å². The lowest BCUT2D eigenvalue weighted by Crippen LogP contribution is -2.10. The fourth-order valence-corrected chi connectivity index (χ4v) is 10.1. The van der Waals surface area contributed by atoms with Crippen LogP contribution in [0.3, 0.4) is 0 Å². The second-order valence-corrected chi connectivity index (χ2v) is 15.5. The molecule has 0 aliphatic heterocycles. The van der Waals surface area contributed by atoms with Gasteiger partial charge in [-0.05, 0) is 77.4 Å². The van der Waals surface area contributed by atoms with E-state index in [0.717, 1.165) is 50.1 Å². The van der Waals surface area contributed by atoms with Gasteiger partial charge in [0.15, 0.2) is 0 Å². The van der Waals surface area contributed by atoms with Gasteiger partial charge in [0.1, 0.15) is 11.2 Å². The lowest BCUT2D eigenvalue weighted by Gasteiger charge is -2.26. The largest absolute Gasteiger partial charge is 0.455 e. The Morgan fingerprint density at radius 2 is 0.923 bits per heavy atom. The number of anilines is 3. The molecule has 0 amide bonds. The maximum absolute atomic E-state index is 6.47. The second kappa shape index (κ2) is 11.7. The average molecular weight is 700 g/mol. The summed E-state index contributed by atoms with van der Waals surface area (Å²) >= 11 is 3.71. The van der Waals surface area contributed by atoms with Gasteiger partial charge in [-0.15, -0.1) is 22.7 Å². The molecule has 244 valence electrons. The number of para-hydroxylation sites is 2. The van der Waals surface area contributed by atoms with Crippen LogP contribution in [0.1, 0.15) is 0 Å². The van der Waals surface area contributed by atoms with Crippen LogP contribution in [-0.4, -0.2) is 0 Å². The zero-order valence-electron chi connectivity index (χ0n) is 27.9. The van der Waals surface area contributed by atoms with E-state index in [2.05, 4.69) is 169 Å². The number of benzene rings is 8. The molecule has 0 aliphatic carbocycles. The summed E-state index contributed by atoms with van der Waals surface area (Å²) in [6.07, 6.45) is 0. The van der Waals surface area contributed by atoms with E-state index >= 15 is 0 Å². The monoisotopic (exact) mass is 699 g/mol. The van der Waals surface area contributed by atoms with Crippen molar-refractivity contribution in [3.63, 3.8) is 0 Å². The molecule has 0 unspecified atom stereocenters. The Labute approximate surface area is 308 Å². The minimum absolute atomic E-state index is 0.908. The first-order valence-corrected chi connectivity index (χ1v) is 19.1. The molecular weight excluding hydrogens is 671 g/mol. The van der Waals surface area contributed by atoms with Crippen molar-refractivity contribution in [2.24, 2.45) is 0 Å². The van der Waals surface area contributed by atoms with Crippen LogP contribution < -0.4 is 4.90 Å². The highest BCUT2D eigenvalue weighted by molar-refractivity contribution is 7.26. The first-order chi connectivity index (χ1) is 25.7. The van der Waals surface area contributed by atoms with Crippen LogP contribution in [0.25, 0.3) is 84.5 Å². The van der Waals surface area contributed by atoms with Crippen LogP contribution in [0.2, 0.25) is 0 Å². The van der Waals surface area contributed by atoms with Crippen LogP contribution >= 0.6 is 22.7 Å². The molecule has 52 heavy (non-hydrogen) atoms. The molecule has 0 saturated heterocycles. The van der Waals surface area contributed by atoms with E-state index in [1.807, 2.05) is 34.8 Å². The van der Waals surface area contributed by atoms with Crippen molar-refractivity contribution in [3.8, 4) is 22.3 Å². The third kappa shape index (κ3) is 4.69. The summed E-state index contributed by atoms with van der Waals surface area (Å²) in [4.78, 5) is 2.38. The van der Waals surface area contributed by atoms with Gasteiger partial charge in [0.2, 0.25) is 0 Å². The Morgan fingerprint density at radius 1 is 0.346 bits per heavy atom. The van der Waals surface area contributed by atoms with Crippen LogP contribution in [0, 0.1) is 0 Å². The summed E-state index contributed by atoms with van der Waals surface area (Å²) in [6, 6.07) is 63.7. The summed E-state index contributed by atoms with van der Waals surface area (Å²) in [5.74, 6) is 0. The van der Waals surface area contributed by atoms with E-state index in [9.17, 15) is 0 Å². The molecule has 8 aromatic carbocycles. The van der Waals surface area contributed by atoms with Crippen LogP contribution in [0.4, 0.5) is 17.1 Å². The normalized spacial score (nSPS) is 11.8. The van der Waals surface area contributed by atoms with Crippen molar-refractivity contribution in [2.75, 3.05) is 4.90 Å². The van der Waals surface area contributed by atoms with Crippen LogP contribution in [-0.2, 0) is 0 Å². The van der Waals surface area contributed by atoms with Gasteiger partial charge >= 0.3 is 0 Å². The molecule has 0 spiro atoms. The first kappa shape index (κ1) is 29.5. The van der Waals surface area contributed by atoms with E-state index in [0.29, 0.717) is 0 Å². The third-order valence-corrected chi connectivity index (χ3v) is 12.5. The average Bonchev–Trinajstić information content (AvgIpc) is 3.89. The molecule has 0 aliphatic rings. The summed E-state index contributed by atoms with van der Waals surface area (Å²) in [6.45, 7) is 0. The van der Waals surface area contributed by atoms with Gasteiger partial charge < -0.3 is 9.32 Å². The van der Waals surface area contributed by atoms with Gasteiger partial charge in [0, 0.05) is 73.7 Å². The Morgan fingerprint density at radius 3 is 1.71 bits per heavy atom. The summed E-state index contributed by atoms with van der Waals surface area (Å²) in [5, 5.41) is 7.52. The van der Waals surface area contributed by atoms with Crippen molar-refractivity contribution >= 4 is 102 Å². The van der Waals surface area contributed by atoms with Gasteiger partial charge in [0.05, 0.1) is 0 Å². The molecule has 0 bridgehead atoms. The van der Waals surface area contributed by atoms with Gasteiger partial charge in [0.25, 0.3) is 0 Å². The Hall–Kier alpha value is -6.20. The van der Waals surface area contributed by atoms with Crippen molar-refractivity contribution in [1.82, 2.24) is 0 Å². The summed E-state index contributed by atoms with van der Waals surface area (Å²) < 4.78 is 11.7. The molecule has 0 atom stereocenters. The highest BCUT2D eigenvalue weighted by Gasteiger charge is 2.18. The number of hydrogen-bond donors (Lipinski definition) is 0. The summed E-state index contributed by atoms with van der Waals surface area (Å²) in [5.41, 5.74) is 9.77. The Kier molecular flexibility index (Phi) is 6.63. The van der Waals surface area contributed by atoms with E-state index < -0.39 is 0 Å². The first-order valence-electron chi connectivity index (χ1n) is 17.5. The van der Waals surface area contributed by atoms with E-state index in [1.165, 1.54) is 51.5 Å². The third-order valence-electron chi connectivity index (χ3n) is 10.3. The number of hydrogen-bond acceptors (Lipinski definition) is 4. The zero-order valence-corrected chi connectivity index (χ0v) is 29.5. The Bertz CT molecular complexity index is 3150. The quantitative estimate of drug-likeness (QED) is 0.178. The minimum Gasteiger partial charge on any atom is -0.455 e. The molecular formula is C48H29NOS2. The number of fused-ring (bicyclic) bond motifs is 9. The number of nitrogens with zero attached hydrogens (tertiary/aromatic N) is 1. The maximum atomic E-state index is 6.47. The van der Waals surface area contributed by atoms with Crippen molar-refractivity contribution < 1.29 is 4.42 Å². The van der Waals surface area contributed by atoms with Crippen LogP contribution in [0.5, 0.6) is 0 Å². The number of furan rings is 1. The molecule has 0 radical (unpaired) electrons. The molecule has 11 aromatic rings. The molecule has 0 N–H and O–H groups in total. The van der Waals surface area contributed by atoms with Gasteiger partial charge in [-0.2, -0.15) is 0 Å². The molecule has 4 heteroatoms. The highest BCUT2D eigenvalue weighted by atomic mass is 32.1. The Balaban J connectivity index is 1.05. The SMILES string of the molecule is c1cc(-c2cccc3c2oc2ccccc23)cc(N(c2ccc(-c3ccc4c(c3)sc3ccccc34)cc2)c2ccc3c(c2)sc2ccccc23)c1. The molecule has 3 heterocycles. The second-order valence-electron chi connectivity index (χ2n) is 13.3. The van der Waals surface area contributed by atoms with Gasteiger partial charge in [-0.1, -0.05) is 115 Å². The van der Waals surface area contributed by atoms with Gasteiger partial charge in [-0.25, -0.2) is 0 Å².